The maximum atomic E-state index is 12.8. The molecule has 3 aromatic rings. The van der Waals surface area contributed by atoms with Crippen molar-refractivity contribution < 1.29 is 17.9 Å². The lowest BCUT2D eigenvalue weighted by molar-refractivity contribution is -0.136. The molecule has 1 aromatic carbocycles. The van der Waals surface area contributed by atoms with Crippen molar-refractivity contribution in [3.05, 3.63) is 46.2 Å². The normalized spacial score (nSPS) is 19.9. The van der Waals surface area contributed by atoms with Gasteiger partial charge in [0.05, 0.1) is 53.8 Å². The molecule has 2 aliphatic heterocycles. The van der Waals surface area contributed by atoms with E-state index in [1.165, 1.54) is 11.8 Å². The molecule has 2 fully saturated rings. The Morgan fingerprint density at radius 1 is 1.19 bits per heavy atom. The molecule has 4 heterocycles. The Balaban J connectivity index is 1.30. The second-order valence-electron chi connectivity index (χ2n) is 9.51. The van der Waals surface area contributed by atoms with Crippen LogP contribution in [0.2, 0.25) is 5.02 Å². The van der Waals surface area contributed by atoms with E-state index in [0.29, 0.717) is 21.5 Å². The summed E-state index contributed by atoms with van der Waals surface area (Å²) in [6.07, 6.45) is 2.58. The van der Waals surface area contributed by atoms with Gasteiger partial charge < -0.3 is 9.64 Å². The molecule has 0 N–H and O–H groups in total. The number of fused-ring (bicyclic) bond motifs is 1. The average Bonchev–Trinajstić information content (AvgIpc) is 3.20. The summed E-state index contributed by atoms with van der Waals surface area (Å²) in [7, 11) is 0. The van der Waals surface area contributed by atoms with E-state index in [-0.39, 0.29) is 15.8 Å². The van der Waals surface area contributed by atoms with E-state index < -0.39 is 24.7 Å². The fourth-order valence-electron chi connectivity index (χ4n) is 4.91. The van der Waals surface area contributed by atoms with Crippen LogP contribution in [0.4, 0.5) is 19.0 Å². The lowest BCUT2D eigenvalue weighted by Gasteiger charge is -2.38. The highest BCUT2D eigenvalue weighted by Gasteiger charge is 2.41. The summed E-state index contributed by atoms with van der Waals surface area (Å²) in [4.78, 5) is 28.8. The zero-order chi connectivity index (χ0) is 25.5. The zero-order valence-corrected chi connectivity index (χ0v) is 21.2. The van der Waals surface area contributed by atoms with E-state index in [0.717, 1.165) is 55.7 Å². The quantitative estimate of drug-likeness (QED) is 0.433. The predicted molar refractivity (Wildman–Crippen MR) is 132 cm³/mol. The molecule has 36 heavy (non-hydrogen) atoms. The number of halogens is 4. The van der Waals surface area contributed by atoms with Gasteiger partial charge in [-0.05, 0) is 43.7 Å². The molecule has 0 aliphatic carbocycles. The van der Waals surface area contributed by atoms with Gasteiger partial charge in [-0.25, -0.2) is 15.0 Å². The number of hydrogen-bond donors (Lipinski definition) is 0. The van der Waals surface area contributed by atoms with Crippen molar-refractivity contribution in [2.75, 3.05) is 24.6 Å². The smallest absolute Gasteiger partial charge is 0.378 e. The van der Waals surface area contributed by atoms with E-state index >= 15 is 0 Å². The number of benzene rings is 1. The third kappa shape index (κ3) is 5.33. The maximum Gasteiger partial charge on any atom is 0.390 e. The van der Waals surface area contributed by atoms with Crippen LogP contribution in [0.3, 0.4) is 0 Å². The first-order valence-electron chi connectivity index (χ1n) is 11.7. The summed E-state index contributed by atoms with van der Waals surface area (Å²) < 4.78 is 44.6. The lowest BCUT2D eigenvalue weighted by atomic mass is 9.77. The van der Waals surface area contributed by atoms with Crippen molar-refractivity contribution in [2.45, 2.75) is 61.4 Å². The monoisotopic (exact) mass is 539 g/mol. The van der Waals surface area contributed by atoms with E-state index in [2.05, 4.69) is 26.8 Å². The molecular formula is C24H25ClF3N5O2S. The topological polar surface area (TPSA) is 73.1 Å². The Bertz CT molecular complexity index is 1310. The van der Waals surface area contributed by atoms with Crippen LogP contribution in [0.1, 0.15) is 32.6 Å². The molecule has 1 atom stereocenters. The molecule has 0 saturated carbocycles. The van der Waals surface area contributed by atoms with Crippen LogP contribution >= 0.6 is 23.4 Å². The van der Waals surface area contributed by atoms with Crippen LogP contribution in [0.25, 0.3) is 10.9 Å². The fraction of sp³-hybridized carbons (Fsp3) is 0.500. The third-order valence-electron chi connectivity index (χ3n) is 6.90. The Morgan fingerprint density at radius 3 is 2.61 bits per heavy atom. The Hall–Kier alpha value is -2.37. The van der Waals surface area contributed by atoms with Gasteiger partial charge in [-0.15, -0.1) is 0 Å². The molecule has 0 bridgehead atoms. The Kier molecular flexibility index (Phi) is 6.90. The second-order valence-corrected chi connectivity index (χ2v) is 10.9. The summed E-state index contributed by atoms with van der Waals surface area (Å²) in [5.74, 6) is 0.808. The fourth-order valence-corrected chi connectivity index (χ4v) is 6.03. The summed E-state index contributed by atoms with van der Waals surface area (Å²) in [6, 6.07) is 3.34. The molecule has 5 rings (SSSR count). The van der Waals surface area contributed by atoms with Crippen molar-refractivity contribution in [1.82, 2.24) is 19.5 Å². The van der Waals surface area contributed by atoms with Gasteiger partial charge in [0.25, 0.3) is 5.56 Å². The van der Waals surface area contributed by atoms with Gasteiger partial charge in [-0.3, -0.25) is 9.36 Å². The summed E-state index contributed by atoms with van der Waals surface area (Å²) >= 11 is 7.75. The maximum absolute atomic E-state index is 12.8. The molecule has 1 spiro atoms. The van der Waals surface area contributed by atoms with Crippen molar-refractivity contribution in [1.29, 1.82) is 0 Å². The summed E-state index contributed by atoms with van der Waals surface area (Å²) in [5.41, 5.74) is -0.00129. The van der Waals surface area contributed by atoms with E-state index in [1.807, 2.05) is 0 Å². The van der Waals surface area contributed by atoms with Gasteiger partial charge in [0.1, 0.15) is 10.8 Å². The molecule has 0 amide bonds. The van der Waals surface area contributed by atoms with Crippen molar-refractivity contribution in [2.24, 2.45) is 5.41 Å². The van der Waals surface area contributed by atoms with Crippen LogP contribution < -0.4 is 10.5 Å². The number of rotatable bonds is 5. The van der Waals surface area contributed by atoms with Crippen molar-refractivity contribution in [3.63, 3.8) is 0 Å². The summed E-state index contributed by atoms with van der Waals surface area (Å²) in [6.45, 7) is 4.25. The first kappa shape index (κ1) is 25.3. The molecule has 12 heteroatoms. The molecule has 2 aliphatic rings. The van der Waals surface area contributed by atoms with Crippen molar-refractivity contribution in [3.8, 4) is 0 Å². The number of piperidine rings is 1. The summed E-state index contributed by atoms with van der Waals surface area (Å²) in [5, 5.41) is 0.813. The first-order chi connectivity index (χ1) is 17.1. The van der Waals surface area contributed by atoms with Gasteiger partial charge in [0.2, 0.25) is 0 Å². The van der Waals surface area contributed by atoms with E-state index in [4.69, 9.17) is 16.3 Å². The number of alkyl halides is 3. The van der Waals surface area contributed by atoms with Crippen LogP contribution in [0.15, 0.2) is 45.6 Å². The van der Waals surface area contributed by atoms with Gasteiger partial charge in [0, 0.05) is 24.5 Å². The van der Waals surface area contributed by atoms with E-state index in [9.17, 15) is 18.0 Å². The number of hydrogen-bond acceptors (Lipinski definition) is 7. The zero-order valence-electron chi connectivity index (χ0n) is 19.6. The molecule has 0 radical (unpaired) electrons. The highest BCUT2D eigenvalue weighted by Crippen LogP contribution is 2.42. The minimum Gasteiger partial charge on any atom is -0.378 e. The van der Waals surface area contributed by atoms with Gasteiger partial charge in [-0.2, -0.15) is 13.2 Å². The first-order valence-corrected chi connectivity index (χ1v) is 12.9. The van der Waals surface area contributed by atoms with Gasteiger partial charge in [-0.1, -0.05) is 23.4 Å². The molecule has 7 nitrogen and oxygen atoms in total. The Labute approximate surface area is 215 Å². The molecule has 2 saturated heterocycles. The van der Waals surface area contributed by atoms with Gasteiger partial charge >= 0.3 is 6.18 Å². The molecule has 192 valence electrons. The highest BCUT2D eigenvalue weighted by molar-refractivity contribution is 7.99. The number of nitrogens with zero attached hydrogens (tertiary/aromatic N) is 5. The number of aryl methyl sites for hydroxylation is 1. The molecular weight excluding hydrogens is 515 g/mol. The van der Waals surface area contributed by atoms with Crippen LogP contribution in [0, 0.1) is 5.41 Å². The SMILES string of the molecule is C[C@H]1CC2(CCN(c3cnc(Sc4ccc5ncn(CCC(F)(F)F)c(=O)c5c4Cl)cn3)CC2)CO1. The third-order valence-corrected chi connectivity index (χ3v) is 8.39. The standard InChI is InChI=1S/C24H25ClF3N5O2S/c1-15-10-23(13-35-15)4-7-32(8-5-23)18-11-30-19(12-29-18)36-17-3-2-16-20(21(17)25)22(34)33(14-31-16)9-6-24(26,27)28/h2-3,11-12,14-15H,4-10,13H2,1H3/t15-/m0/s1. The number of aromatic nitrogens is 4. The van der Waals surface area contributed by atoms with Crippen LogP contribution in [-0.4, -0.2) is 51.5 Å². The predicted octanol–water partition coefficient (Wildman–Crippen LogP) is 5.34. The lowest BCUT2D eigenvalue weighted by Crippen LogP contribution is -2.41. The largest absolute Gasteiger partial charge is 0.390 e. The molecule has 0 unspecified atom stereocenters. The van der Waals surface area contributed by atoms with Crippen LogP contribution in [-0.2, 0) is 11.3 Å². The molecule has 2 aromatic heterocycles. The average molecular weight is 540 g/mol. The Morgan fingerprint density at radius 2 is 1.97 bits per heavy atom. The number of ether oxygens (including phenoxy) is 1. The van der Waals surface area contributed by atoms with E-state index in [1.54, 1.807) is 24.5 Å². The minimum atomic E-state index is -4.38. The minimum absolute atomic E-state index is 0.0865. The van der Waals surface area contributed by atoms with Crippen LogP contribution in [0.5, 0.6) is 0 Å². The second kappa shape index (κ2) is 9.83. The van der Waals surface area contributed by atoms with Gasteiger partial charge in [0.15, 0.2) is 0 Å². The number of anilines is 1. The highest BCUT2D eigenvalue weighted by atomic mass is 35.5. The van der Waals surface area contributed by atoms with Crippen molar-refractivity contribution >= 4 is 40.1 Å².